The van der Waals surface area contributed by atoms with Crippen molar-refractivity contribution in [2.75, 3.05) is 18.9 Å². The Hall–Kier alpha value is -1.36. The molecule has 1 saturated heterocycles. The van der Waals surface area contributed by atoms with Crippen LogP contribution in [0.15, 0.2) is 22.1 Å². The van der Waals surface area contributed by atoms with Gasteiger partial charge in [0.15, 0.2) is 6.23 Å². The number of aliphatic hydroxyl groups is 2. The largest absolute Gasteiger partial charge is 0.490 e. The minimum atomic E-state index is -5.79. The Balaban J connectivity index is 2.25. The van der Waals surface area contributed by atoms with Gasteiger partial charge in [-0.3, -0.25) is 14.1 Å². The van der Waals surface area contributed by atoms with Gasteiger partial charge in [-0.1, -0.05) is 0 Å². The van der Waals surface area contributed by atoms with Crippen LogP contribution in [0.3, 0.4) is 0 Å². The van der Waals surface area contributed by atoms with Gasteiger partial charge in [0.25, 0.3) is 0 Å². The van der Waals surface area contributed by atoms with E-state index in [4.69, 9.17) is 20.3 Å². The maximum Gasteiger partial charge on any atom is 0.490 e. The molecule has 0 bridgehead atoms. The van der Waals surface area contributed by atoms with Crippen LogP contribution in [-0.4, -0.2) is 77.0 Å². The Morgan fingerprint density at radius 3 is 2.38 bits per heavy atom. The fourth-order valence-electron chi connectivity index (χ4n) is 2.67. The van der Waals surface area contributed by atoms with E-state index in [1.807, 2.05) is 0 Å². The predicted octanol–water partition coefficient (Wildman–Crippen LogP) is -2.14. The Bertz CT molecular complexity index is 1060. The number of nitrogen functional groups attached to an aromatic ring is 1. The van der Waals surface area contributed by atoms with Crippen molar-refractivity contribution in [1.29, 1.82) is 0 Å². The molecule has 1 aliphatic heterocycles. The zero-order valence-electron chi connectivity index (χ0n) is 15.7. The molecule has 0 spiro atoms. The molecule has 0 aromatic carbocycles. The summed E-state index contributed by atoms with van der Waals surface area (Å²) in [7, 11) is -17.0. The summed E-state index contributed by atoms with van der Waals surface area (Å²) < 4.78 is 51.9. The summed E-state index contributed by atoms with van der Waals surface area (Å²) in [6, 6.07) is 1.18. The summed E-state index contributed by atoms with van der Waals surface area (Å²) in [6.45, 7) is 1.43. The maximum absolute atomic E-state index is 12.0. The number of nitrogens with two attached hydrogens (primary N) is 1. The van der Waals surface area contributed by atoms with E-state index in [0.29, 0.717) is 0 Å². The van der Waals surface area contributed by atoms with Crippen LogP contribution >= 0.6 is 23.5 Å². The summed E-state index contributed by atoms with van der Waals surface area (Å²) in [5, 5.41) is 20.8. The molecule has 2 heterocycles. The molecule has 1 fully saturated rings. The fourth-order valence-corrected chi connectivity index (χ4v) is 5.74. The number of aliphatic imine (C=N–C) groups is 1. The van der Waals surface area contributed by atoms with Gasteiger partial charge in [0, 0.05) is 6.20 Å². The summed E-state index contributed by atoms with van der Waals surface area (Å²) >= 11 is 0. The molecule has 32 heavy (non-hydrogen) atoms. The van der Waals surface area contributed by atoms with E-state index < -0.39 is 66.3 Å². The van der Waals surface area contributed by atoms with Crippen LogP contribution in [0.1, 0.15) is 6.23 Å². The second-order valence-corrected chi connectivity index (χ2v) is 10.7. The molecule has 0 radical (unpaired) electrons. The number of phosphoric ester groups is 1. The number of hydrogen-bond donors (Lipinski definition) is 7. The fraction of sp³-hybridized carbons (Fsp3) is 0.545. The molecule has 182 valence electrons. The van der Waals surface area contributed by atoms with Crippen molar-refractivity contribution < 1.29 is 61.4 Å². The van der Waals surface area contributed by atoms with Gasteiger partial charge in [0.1, 0.15) is 23.6 Å². The molecule has 6 atom stereocenters. The third-order valence-corrected chi connectivity index (χ3v) is 7.69. The Morgan fingerprint density at radius 1 is 1.22 bits per heavy atom. The van der Waals surface area contributed by atoms with E-state index in [1.165, 1.54) is 6.07 Å². The van der Waals surface area contributed by atoms with Crippen LogP contribution in [0.4, 0.5) is 5.82 Å². The zero-order valence-corrected chi connectivity index (χ0v) is 18.4. The molecule has 1 aromatic rings. The monoisotopic (exact) mass is 524 g/mol. The highest BCUT2D eigenvalue weighted by atomic mass is 31.3. The zero-order chi connectivity index (χ0) is 24.5. The van der Waals surface area contributed by atoms with Gasteiger partial charge in [0.2, 0.25) is 0 Å². The summed E-state index contributed by atoms with van der Waals surface area (Å²) in [4.78, 5) is 54.8. The van der Waals surface area contributed by atoms with Crippen molar-refractivity contribution in [1.82, 2.24) is 9.55 Å². The lowest BCUT2D eigenvalue weighted by molar-refractivity contribution is -0.120. The van der Waals surface area contributed by atoms with Gasteiger partial charge in [-0.25, -0.2) is 18.5 Å². The van der Waals surface area contributed by atoms with Gasteiger partial charge >= 0.3 is 29.2 Å². The van der Waals surface area contributed by atoms with Crippen LogP contribution in [-0.2, 0) is 31.6 Å². The highest BCUT2D eigenvalue weighted by Gasteiger charge is 2.56. The van der Waals surface area contributed by atoms with Crippen LogP contribution in [0.25, 0.3) is 0 Å². The Kier molecular flexibility index (Phi) is 7.97. The highest BCUT2D eigenvalue weighted by molar-refractivity contribution is 7.66. The van der Waals surface area contributed by atoms with E-state index in [9.17, 15) is 38.5 Å². The second-order valence-electron chi connectivity index (χ2n) is 6.30. The molecule has 2 rings (SSSR count). The first-order valence-corrected chi connectivity index (χ1v) is 12.6. The normalized spacial score (nSPS) is 29.9. The van der Waals surface area contributed by atoms with E-state index in [2.05, 4.69) is 29.8 Å². The van der Waals surface area contributed by atoms with Crippen molar-refractivity contribution in [3.8, 4) is 0 Å². The van der Waals surface area contributed by atoms with E-state index in [0.717, 1.165) is 10.8 Å². The number of aliphatic hydroxyl groups excluding tert-OH is 2. The molecule has 1 aliphatic rings. The quantitative estimate of drug-likeness (QED) is 0.127. The van der Waals surface area contributed by atoms with Crippen LogP contribution < -0.4 is 11.4 Å². The molecule has 0 saturated carbocycles. The van der Waals surface area contributed by atoms with Crippen molar-refractivity contribution in [2.45, 2.75) is 24.0 Å². The first-order valence-electron chi connectivity index (χ1n) is 8.10. The number of rotatable bonds is 10. The second kappa shape index (κ2) is 9.48. The average Bonchev–Trinajstić information content (AvgIpc) is 2.83. The SMILES string of the molecule is C=NC[C@]1(COP(=O)(O)OP(=O)(O)OP(=O)(O)O)O[C@@H](n2ccc(N)nc2=O)[C@H](O)[C@@H]1O. The Labute approximate surface area is 178 Å². The third kappa shape index (κ3) is 6.59. The topological polar surface area (TPSA) is 283 Å². The molecule has 8 N–H and O–H groups in total. The minimum Gasteiger partial charge on any atom is -0.387 e. The Morgan fingerprint density at radius 2 is 1.84 bits per heavy atom. The predicted molar refractivity (Wildman–Crippen MR) is 102 cm³/mol. The van der Waals surface area contributed by atoms with Gasteiger partial charge < -0.3 is 40.3 Å². The smallest absolute Gasteiger partial charge is 0.387 e. The van der Waals surface area contributed by atoms with Crippen molar-refractivity contribution in [3.05, 3.63) is 22.7 Å². The standard InChI is InChI=1S/C11H19N4O14P3/c1-13-4-11(5-26-31(22,23)29-32(24,25)28-30(19,20)21)8(17)7(16)9(27-11)15-3-2-6(12)14-10(15)18/h2-3,7-9,16-17H,1,4-5H2,(H,22,23)(H,24,25)(H2,12,14,18)(H2,19,20,21)/t7-,8+,9-,11-/m1/s1. The molecule has 18 nitrogen and oxygen atoms in total. The van der Waals surface area contributed by atoms with Gasteiger partial charge in [-0.05, 0) is 12.8 Å². The molecule has 0 amide bonds. The molecule has 0 aliphatic carbocycles. The summed E-state index contributed by atoms with van der Waals surface area (Å²) in [5.41, 5.74) is 2.26. The van der Waals surface area contributed by atoms with Crippen molar-refractivity contribution in [3.63, 3.8) is 0 Å². The molecular weight excluding hydrogens is 505 g/mol. The first kappa shape index (κ1) is 26.9. The molecule has 2 unspecified atom stereocenters. The van der Waals surface area contributed by atoms with Crippen LogP contribution in [0.2, 0.25) is 0 Å². The van der Waals surface area contributed by atoms with Crippen molar-refractivity contribution >= 4 is 36.0 Å². The first-order chi connectivity index (χ1) is 14.5. The molecular formula is C11H19N4O14P3. The lowest BCUT2D eigenvalue weighted by Crippen LogP contribution is -2.49. The van der Waals surface area contributed by atoms with Crippen LogP contribution in [0, 0.1) is 0 Å². The van der Waals surface area contributed by atoms with E-state index in [-0.39, 0.29) is 5.82 Å². The summed E-state index contributed by atoms with van der Waals surface area (Å²) in [6.07, 6.45) is -4.26. The maximum atomic E-state index is 12.0. The van der Waals surface area contributed by atoms with Crippen LogP contribution in [0.5, 0.6) is 0 Å². The number of nitrogens with zero attached hydrogens (tertiary/aromatic N) is 3. The third-order valence-electron chi connectivity index (χ3n) is 3.90. The lowest BCUT2D eigenvalue weighted by atomic mass is 9.96. The number of ether oxygens (including phenoxy) is 1. The molecule has 1 aromatic heterocycles. The van der Waals surface area contributed by atoms with Gasteiger partial charge in [-0.2, -0.15) is 13.6 Å². The minimum absolute atomic E-state index is 0.147. The molecule has 21 heteroatoms. The average molecular weight is 524 g/mol. The van der Waals surface area contributed by atoms with Gasteiger partial charge in [0.05, 0.1) is 13.2 Å². The number of aromatic nitrogens is 2. The number of phosphoric acid groups is 3. The number of anilines is 1. The van der Waals surface area contributed by atoms with Gasteiger partial charge in [-0.15, -0.1) is 0 Å². The van der Waals surface area contributed by atoms with E-state index in [1.54, 1.807) is 0 Å². The van der Waals surface area contributed by atoms with Crippen molar-refractivity contribution in [2.24, 2.45) is 4.99 Å². The lowest BCUT2D eigenvalue weighted by Gasteiger charge is -2.30. The highest BCUT2D eigenvalue weighted by Crippen LogP contribution is 2.66. The number of hydrogen-bond acceptors (Lipinski definition) is 13. The summed E-state index contributed by atoms with van der Waals surface area (Å²) in [5.74, 6) is -0.147. The van der Waals surface area contributed by atoms with E-state index >= 15 is 0 Å².